The van der Waals surface area contributed by atoms with Crippen LogP contribution in [0, 0.1) is 0 Å². The molecule has 0 fully saturated rings. The minimum atomic E-state index is 0.0504. The Labute approximate surface area is 394 Å². The fourth-order valence-corrected chi connectivity index (χ4v) is 9.65. The Morgan fingerprint density at radius 3 is 1.18 bits per heavy atom. The molecular weight excluding hydrogens is 813 g/mol. The largest absolute Gasteiger partial charge is 0.456 e. The van der Waals surface area contributed by atoms with E-state index < -0.39 is 0 Å². The van der Waals surface area contributed by atoms with Crippen molar-refractivity contribution in [3.8, 4) is 22.3 Å². The van der Waals surface area contributed by atoms with Crippen LogP contribution in [0.5, 0.6) is 0 Å². The van der Waals surface area contributed by atoms with Crippen molar-refractivity contribution in [1.29, 1.82) is 0 Å². The lowest BCUT2D eigenvalue weighted by Gasteiger charge is -2.29. The lowest BCUT2D eigenvalue weighted by atomic mass is 9.86. The summed E-state index contributed by atoms with van der Waals surface area (Å²) in [5.74, 6) is 0. The fourth-order valence-electron chi connectivity index (χ4n) is 9.65. The van der Waals surface area contributed by atoms with Crippen molar-refractivity contribution >= 4 is 77.6 Å². The first-order valence-electron chi connectivity index (χ1n) is 23.4. The van der Waals surface area contributed by atoms with E-state index in [1.165, 1.54) is 44.2 Å². The summed E-state index contributed by atoms with van der Waals surface area (Å²) >= 11 is 0. The van der Waals surface area contributed by atoms with Crippen LogP contribution in [0.2, 0.25) is 0 Å². The van der Waals surface area contributed by atoms with Crippen LogP contribution in [-0.4, -0.2) is 0 Å². The minimum Gasteiger partial charge on any atom is -0.456 e. The van der Waals surface area contributed by atoms with Crippen molar-refractivity contribution in [3.05, 3.63) is 230 Å². The van der Waals surface area contributed by atoms with Crippen molar-refractivity contribution in [1.82, 2.24) is 0 Å². The quantitative estimate of drug-likeness (QED) is 0.152. The Kier molecular flexibility index (Phi) is 10.3. The average molecular weight is 867 g/mol. The van der Waals surface area contributed by atoms with Crippen LogP contribution in [-0.2, 0) is 10.8 Å². The van der Waals surface area contributed by atoms with Gasteiger partial charge in [0, 0.05) is 44.6 Å². The van der Waals surface area contributed by atoms with E-state index in [2.05, 4.69) is 270 Å². The molecule has 0 spiro atoms. The molecule has 0 atom stereocenters. The SMILES string of the molecule is CC(C)(C)c1ccc(-c2ccccc2N(c2ccccc2)c2ccc3cc4c(cc3c2)oc2cc3cc(N(c5ccc(C(C)(C)C)cc5)c5ccccc5-c5ccccc5)ccc3cc24)cc1. The summed E-state index contributed by atoms with van der Waals surface area (Å²) in [7, 11) is 0. The number of benzene rings is 10. The predicted octanol–water partition coefficient (Wildman–Crippen LogP) is 18.8. The maximum atomic E-state index is 6.81. The van der Waals surface area contributed by atoms with Crippen molar-refractivity contribution in [2.75, 3.05) is 9.80 Å². The molecule has 1 aromatic heterocycles. The highest BCUT2D eigenvalue weighted by Crippen LogP contribution is 2.45. The van der Waals surface area contributed by atoms with E-state index >= 15 is 0 Å². The molecule has 0 aliphatic carbocycles. The summed E-state index contributed by atoms with van der Waals surface area (Å²) in [6.45, 7) is 13.6. The lowest BCUT2D eigenvalue weighted by Crippen LogP contribution is -2.13. The van der Waals surface area contributed by atoms with Gasteiger partial charge in [-0.3, -0.25) is 0 Å². The molecule has 0 aliphatic rings. The van der Waals surface area contributed by atoms with E-state index in [0.29, 0.717) is 0 Å². The van der Waals surface area contributed by atoms with Crippen LogP contribution < -0.4 is 9.80 Å². The molecule has 0 unspecified atom stereocenters. The Bertz CT molecular complexity index is 3570. The van der Waals surface area contributed by atoms with E-state index in [1.54, 1.807) is 0 Å². The second-order valence-corrected chi connectivity index (χ2v) is 19.9. The van der Waals surface area contributed by atoms with Crippen molar-refractivity contribution in [2.24, 2.45) is 0 Å². The molecule has 0 amide bonds. The summed E-state index contributed by atoms with van der Waals surface area (Å²) < 4.78 is 6.81. The minimum absolute atomic E-state index is 0.0504. The second kappa shape index (κ2) is 16.5. The second-order valence-electron chi connectivity index (χ2n) is 19.9. The fraction of sp³-hybridized carbons (Fsp3) is 0.125. The molecule has 3 nitrogen and oxygen atoms in total. The number of anilines is 6. The number of fused-ring (bicyclic) bond motifs is 5. The number of furan rings is 1. The number of hydrogen-bond acceptors (Lipinski definition) is 3. The zero-order valence-electron chi connectivity index (χ0n) is 39.1. The van der Waals surface area contributed by atoms with Gasteiger partial charge >= 0.3 is 0 Å². The van der Waals surface area contributed by atoms with Gasteiger partial charge in [0.05, 0.1) is 11.4 Å². The highest BCUT2D eigenvalue weighted by atomic mass is 16.3. The Balaban J connectivity index is 1.01. The third-order valence-corrected chi connectivity index (χ3v) is 13.3. The molecule has 0 radical (unpaired) electrons. The summed E-state index contributed by atoms with van der Waals surface area (Å²) in [6.07, 6.45) is 0. The summed E-state index contributed by atoms with van der Waals surface area (Å²) in [6, 6.07) is 79.5. The molecule has 67 heavy (non-hydrogen) atoms. The van der Waals surface area contributed by atoms with Gasteiger partial charge in [0.15, 0.2) is 0 Å². The van der Waals surface area contributed by atoms with Crippen LogP contribution in [0.15, 0.2) is 223 Å². The Morgan fingerprint density at radius 2 is 0.701 bits per heavy atom. The predicted molar refractivity (Wildman–Crippen MR) is 286 cm³/mol. The third-order valence-electron chi connectivity index (χ3n) is 13.3. The van der Waals surface area contributed by atoms with Crippen LogP contribution in [0.3, 0.4) is 0 Å². The number of hydrogen-bond donors (Lipinski definition) is 0. The van der Waals surface area contributed by atoms with E-state index in [-0.39, 0.29) is 10.8 Å². The van der Waals surface area contributed by atoms with Gasteiger partial charge in [-0.05, 0) is 140 Å². The Hall–Kier alpha value is -7.88. The maximum Gasteiger partial charge on any atom is 0.136 e. The number of nitrogens with zero attached hydrogens (tertiary/aromatic N) is 2. The van der Waals surface area contributed by atoms with Crippen LogP contribution >= 0.6 is 0 Å². The van der Waals surface area contributed by atoms with Gasteiger partial charge in [-0.2, -0.15) is 0 Å². The third kappa shape index (κ3) is 7.91. The zero-order valence-corrected chi connectivity index (χ0v) is 39.1. The summed E-state index contributed by atoms with van der Waals surface area (Å²) in [4.78, 5) is 4.77. The zero-order chi connectivity index (χ0) is 45.9. The molecule has 3 heteroatoms. The maximum absolute atomic E-state index is 6.81. The molecule has 11 rings (SSSR count). The van der Waals surface area contributed by atoms with Crippen LogP contribution in [0.25, 0.3) is 65.7 Å². The first-order valence-corrected chi connectivity index (χ1v) is 23.4. The first-order chi connectivity index (χ1) is 32.5. The van der Waals surface area contributed by atoms with Gasteiger partial charge < -0.3 is 14.2 Å². The van der Waals surface area contributed by atoms with Gasteiger partial charge in [-0.25, -0.2) is 0 Å². The molecule has 0 N–H and O–H groups in total. The lowest BCUT2D eigenvalue weighted by molar-refractivity contribution is 0.590. The average Bonchev–Trinajstić information content (AvgIpc) is 3.69. The first kappa shape index (κ1) is 41.8. The van der Waals surface area contributed by atoms with Crippen molar-refractivity contribution in [3.63, 3.8) is 0 Å². The van der Waals surface area contributed by atoms with Crippen LogP contribution in [0.4, 0.5) is 34.1 Å². The monoisotopic (exact) mass is 866 g/mol. The van der Waals surface area contributed by atoms with Gasteiger partial charge in [-0.15, -0.1) is 0 Å². The number of para-hydroxylation sites is 3. The molecule has 0 bridgehead atoms. The summed E-state index contributed by atoms with van der Waals surface area (Å²) in [5.41, 5.74) is 15.8. The highest BCUT2D eigenvalue weighted by Gasteiger charge is 2.22. The van der Waals surface area contributed by atoms with Crippen LogP contribution in [0.1, 0.15) is 52.7 Å². The topological polar surface area (TPSA) is 19.6 Å². The molecule has 0 aliphatic heterocycles. The van der Waals surface area contributed by atoms with E-state index in [0.717, 1.165) is 66.8 Å². The standard InChI is InChI=1S/C64H54N2O/c1-63(2,3)49-29-25-44(26-30-49)56-22-14-16-24-60(56)65(51-19-11-8-12-20-51)53-33-27-45-39-57-58-40-46-28-34-54(38-48(46)42-62(58)67-61(57)41-47(45)37-53)66(52-35-31-50(32-36-52)64(4,5)6)59-23-15-13-21-55(59)43-17-9-7-10-18-43/h7-42H,1-6H3. The highest BCUT2D eigenvalue weighted by molar-refractivity contribution is 6.14. The smallest absolute Gasteiger partial charge is 0.136 e. The van der Waals surface area contributed by atoms with Crippen molar-refractivity contribution in [2.45, 2.75) is 52.4 Å². The van der Waals surface area contributed by atoms with Gasteiger partial charge in [0.1, 0.15) is 11.2 Å². The molecule has 11 aromatic rings. The summed E-state index contributed by atoms with van der Waals surface area (Å²) in [5, 5.41) is 6.80. The molecule has 10 aromatic carbocycles. The molecule has 326 valence electrons. The van der Waals surface area contributed by atoms with Gasteiger partial charge in [0.25, 0.3) is 0 Å². The normalized spacial score (nSPS) is 12.0. The van der Waals surface area contributed by atoms with Gasteiger partial charge in [-0.1, -0.05) is 175 Å². The van der Waals surface area contributed by atoms with E-state index in [4.69, 9.17) is 4.42 Å². The van der Waals surface area contributed by atoms with Crippen molar-refractivity contribution < 1.29 is 4.42 Å². The van der Waals surface area contributed by atoms with Gasteiger partial charge in [0.2, 0.25) is 0 Å². The molecular formula is C64H54N2O. The van der Waals surface area contributed by atoms with E-state index in [9.17, 15) is 0 Å². The van der Waals surface area contributed by atoms with E-state index in [1.807, 2.05) is 0 Å². The molecule has 0 saturated heterocycles. The molecule has 0 saturated carbocycles. The number of rotatable bonds is 8. The molecule has 1 heterocycles. The Morgan fingerprint density at radius 1 is 0.313 bits per heavy atom.